The number of rotatable bonds is 5. The lowest BCUT2D eigenvalue weighted by molar-refractivity contribution is -0.0836. The van der Waals surface area contributed by atoms with E-state index in [0.717, 1.165) is 31.6 Å². The van der Waals surface area contributed by atoms with E-state index in [1.54, 1.807) is 13.3 Å². The summed E-state index contributed by atoms with van der Waals surface area (Å²) in [7, 11) is 1.66. The predicted octanol–water partition coefficient (Wildman–Crippen LogP) is 2.14. The van der Waals surface area contributed by atoms with Crippen molar-refractivity contribution in [2.45, 2.75) is 44.4 Å². The molecule has 6 heteroatoms. The van der Waals surface area contributed by atoms with Crippen LogP contribution in [0.5, 0.6) is 0 Å². The summed E-state index contributed by atoms with van der Waals surface area (Å²) in [5.74, 6) is 0. The van der Waals surface area contributed by atoms with Crippen molar-refractivity contribution in [3.05, 3.63) is 16.9 Å². The number of hydrogen-bond donors (Lipinski definition) is 1. The topological polar surface area (TPSA) is 62.3 Å². The first-order chi connectivity index (χ1) is 9.08. The highest BCUT2D eigenvalue weighted by Crippen LogP contribution is 2.37. The van der Waals surface area contributed by atoms with Crippen LogP contribution in [0.4, 0.5) is 0 Å². The summed E-state index contributed by atoms with van der Waals surface area (Å²) >= 11 is 6.24. The molecule has 0 saturated carbocycles. The van der Waals surface area contributed by atoms with Crippen LogP contribution in [-0.4, -0.2) is 35.7 Å². The van der Waals surface area contributed by atoms with Gasteiger partial charge in [0.05, 0.1) is 41.7 Å². The second kappa shape index (κ2) is 6.22. The smallest absolute Gasteiger partial charge is 0.0862 e. The van der Waals surface area contributed by atoms with Crippen molar-refractivity contribution >= 4 is 11.6 Å². The fraction of sp³-hybridized carbons (Fsp3) is 0.769. The number of aromatic nitrogens is 2. The highest BCUT2D eigenvalue weighted by molar-refractivity contribution is 6.31. The van der Waals surface area contributed by atoms with Crippen LogP contribution in [0.25, 0.3) is 0 Å². The first-order valence-corrected chi connectivity index (χ1v) is 7.06. The van der Waals surface area contributed by atoms with Gasteiger partial charge in [-0.1, -0.05) is 11.6 Å². The fourth-order valence-electron chi connectivity index (χ4n) is 2.53. The maximum Gasteiger partial charge on any atom is 0.0862 e. The van der Waals surface area contributed by atoms with E-state index in [0.29, 0.717) is 18.2 Å². The first-order valence-electron chi connectivity index (χ1n) is 6.68. The van der Waals surface area contributed by atoms with Crippen LogP contribution in [0.3, 0.4) is 0 Å². The van der Waals surface area contributed by atoms with Crippen LogP contribution < -0.4 is 5.73 Å². The average molecular weight is 288 g/mol. The highest BCUT2D eigenvalue weighted by Gasteiger charge is 2.38. The molecule has 1 aliphatic rings. The second-order valence-corrected chi connectivity index (χ2v) is 5.60. The Hall–Kier alpha value is -0.620. The van der Waals surface area contributed by atoms with E-state index in [2.05, 4.69) is 12.0 Å². The molecule has 0 radical (unpaired) electrons. The Labute approximate surface area is 119 Å². The minimum Gasteiger partial charge on any atom is -0.383 e. The number of halogens is 1. The minimum atomic E-state index is -0.368. The summed E-state index contributed by atoms with van der Waals surface area (Å²) in [6, 6.07) is -0.278. The number of nitrogens with zero attached hydrogens (tertiary/aromatic N) is 2. The normalized spacial score (nSPS) is 25.5. The Balaban J connectivity index is 2.21. The summed E-state index contributed by atoms with van der Waals surface area (Å²) in [6.45, 7) is 4.03. The largest absolute Gasteiger partial charge is 0.383 e. The molecule has 2 rings (SSSR count). The summed E-state index contributed by atoms with van der Waals surface area (Å²) in [5.41, 5.74) is 6.88. The first kappa shape index (κ1) is 14.8. The Morgan fingerprint density at radius 1 is 1.63 bits per heavy atom. The SMILES string of the molecule is COCCn1ncc(Cl)c1C(N)C1(C)CCCCO1. The molecule has 0 aromatic carbocycles. The molecule has 1 aromatic rings. The molecule has 19 heavy (non-hydrogen) atoms. The molecule has 0 aliphatic carbocycles. The summed E-state index contributed by atoms with van der Waals surface area (Å²) in [5, 5.41) is 4.87. The number of nitrogens with two attached hydrogens (primary N) is 1. The van der Waals surface area contributed by atoms with Gasteiger partial charge in [-0.05, 0) is 26.2 Å². The van der Waals surface area contributed by atoms with Gasteiger partial charge in [0.2, 0.25) is 0 Å². The number of methoxy groups -OCH3 is 1. The molecule has 0 spiro atoms. The van der Waals surface area contributed by atoms with E-state index < -0.39 is 0 Å². The molecule has 2 atom stereocenters. The minimum absolute atomic E-state index is 0.278. The zero-order valence-electron chi connectivity index (χ0n) is 11.6. The van der Waals surface area contributed by atoms with Crippen LogP contribution in [0.2, 0.25) is 5.02 Å². The molecule has 1 saturated heterocycles. The van der Waals surface area contributed by atoms with Gasteiger partial charge in [0.25, 0.3) is 0 Å². The van der Waals surface area contributed by atoms with Crippen LogP contribution in [0, 0.1) is 0 Å². The van der Waals surface area contributed by atoms with E-state index in [1.165, 1.54) is 0 Å². The van der Waals surface area contributed by atoms with Crippen molar-refractivity contribution in [3.63, 3.8) is 0 Å². The lowest BCUT2D eigenvalue weighted by Gasteiger charge is -2.39. The lowest BCUT2D eigenvalue weighted by Crippen LogP contribution is -2.44. The van der Waals surface area contributed by atoms with Gasteiger partial charge in [-0.15, -0.1) is 0 Å². The zero-order valence-corrected chi connectivity index (χ0v) is 12.3. The third kappa shape index (κ3) is 3.11. The molecule has 5 nitrogen and oxygen atoms in total. The van der Waals surface area contributed by atoms with Gasteiger partial charge in [-0.2, -0.15) is 5.10 Å². The molecule has 2 unspecified atom stereocenters. The maximum atomic E-state index is 6.41. The molecular formula is C13H22ClN3O2. The van der Waals surface area contributed by atoms with Crippen LogP contribution in [0.15, 0.2) is 6.20 Å². The molecule has 2 N–H and O–H groups in total. The van der Waals surface area contributed by atoms with Crippen LogP contribution >= 0.6 is 11.6 Å². The standard InChI is InChI=1S/C13H22ClN3O2/c1-13(5-3-4-7-19-13)12(15)11-10(14)9-16-17(11)6-8-18-2/h9,12H,3-8,15H2,1-2H3. The predicted molar refractivity (Wildman–Crippen MR) is 74.2 cm³/mol. The van der Waals surface area contributed by atoms with Crippen molar-refractivity contribution in [1.82, 2.24) is 9.78 Å². The van der Waals surface area contributed by atoms with Gasteiger partial charge in [0, 0.05) is 13.7 Å². The maximum absolute atomic E-state index is 6.41. The molecule has 1 fully saturated rings. The molecule has 1 aliphatic heterocycles. The fourth-order valence-corrected chi connectivity index (χ4v) is 2.79. The molecule has 108 valence electrons. The summed E-state index contributed by atoms with van der Waals surface area (Å²) in [6.07, 6.45) is 4.81. The monoisotopic (exact) mass is 287 g/mol. The highest BCUT2D eigenvalue weighted by atomic mass is 35.5. The van der Waals surface area contributed by atoms with Gasteiger partial charge in [0.1, 0.15) is 0 Å². The van der Waals surface area contributed by atoms with Crippen molar-refractivity contribution < 1.29 is 9.47 Å². The Bertz CT molecular complexity index is 416. The average Bonchev–Trinajstić information content (AvgIpc) is 2.77. The second-order valence-electron chi connectivity index (χ2n) is 5.19. The third-order valence-electron chi connectivity index (χ3n) is 3.79. The molecule has 1 aromatic heterocycles. The zero-order chi connectivity index (χ0) is 13.9. The van der Waals surface area contributed by atoms with E-state index in [4.69, 9.17) is 26.8 Å². The molecular weight excluding hydrogens is 266 g/mol. The Kier molecular flexibility index (Phi) is 4.84. The van der Waals surface area contributed by atoms with Gasteiger partial charge in [-0.3, -0.25) is 4.68 Å². The molecule has 0 amide bonds. The van der Waals surface area contributed by atoms with Crippen molar-refractivity contribution in [3.8, 4) is 0 Å². The van der Waals surface area contributed by atoms with Gasteiger partial charge in [0.15, 0.2) is 0 Å². The Morgan fingerprint density at radius 3 is 3.05 bits per heavy atom. The lowest BCUT2D eigenvalue weighted by atomic mass is 9.87. The van der Waals surface area contributed by atoms with Crippen molar-refractivity contribution in [1.29, 1.82) is 0 Å². The van der Waals surface area contributed by atoms with Gasteiger partial charge in [-0.25, -0.2) is 0 Å². The van der Waals surface area contributed by atoms with E-state index in [9.17, 15) is 0 Å². The van der Waals surface area contributed by atoms with Crippen LogP contribution in [-0.2, 0) is 16.0 Å². The van der Waals surface area contributed by atoms with E-state index in [-0.39, 0.29) is 11.6 Å². The van der Waals surface area contributed by atoms with E-state index >= 15 is 0 Å². The van der Waals surface area contributed by atoms with Gasteiger partial charge >= 0.3 is 0 Å². The summed E-state index contributed by atoms with van der Waals surface area (Å²) in [4.78, 5) is 0. The quantitative estimate of drug-likeness (QED) is 0.901. The number of hydrogen-bond acceptors (Lipinski definition) is 4. The van der Waals surface area contributed by atoms with Crippen LogP contribution in [0.1, 0.15) is 37.9 Å². The Morgan fingerprint density at radius 2 is 2.42 bits per heavy atom. The third-order valence-corrected chi connectivity index (χ3v) is 4.08. The molecule has 0 bridgehead atoms. The summed E-state index contributed by atoms with van der Waals surface area (Å²) < 4.78 is 12.8. The van der Waals surface area contributed by atoms with Gasteiger partial charge < -0.3 is 15.2 Å². The molecule has 2 heterocycles. The van der Waals surface area contributed by atoms with Crippen molar-refractivity contribution in [2.75, 3.05) is 20.3 Å². The van der Waals surface area contributed by atoms with Crippen molar-refractivity contribution in [2.24, 2.45) is 5.73 Å². The number of ether oxygens (including phenoxy) is 2. The van der Waals surface area contributed by atoms with E-state index in [1.807, 2.05) is 4.68 Å².